The molecule has 1 rings (SSSR count). The number of ether oxygens (including phenoxy) is 1. The minimum Gasteiger partial charge on any atom is -0.390 e. The zero-order valence-electron chi connectivity index (χ0n) is 11.2. The molecule has 2 heteroatoms. The molecule has 0 aromatic heterocycles. The van der Waals surface area contributed by atoms with Crippen molar-refractivity contribution in [3.63, 3.8) is 0 Å². The Hall–Kier alpha value is -1.12. The van der Waals surface area contributed by atoms with E-state index in [4.69, 9.17) is 4.74 Å². The van der Waals surface area contributed by atoms with Crippen molar-refractivity contribution in [3.8, 4) is 0 Å². The third kappa shape index (κ3) is 5.48. The van der Waals surface area contributed by atoms with Crippen LogP contribution in [0.15, 0.2) is 43.0 Å². The first-order valence-electron chi connectivity index (χ1n) is 6.72. The zero-order chi connectivity index (χ0) is 13.2. The average molecular weight is 248 g/mol. The van der Waals surface area contributed by atoms with E-state index < -0.39 is 0 Å². The quantitative estimate of drug-likeness (QED) is 0.533. The summed E-state index contributed by atoms with van der Waals surface area (Å²) in [4.78, 5) is 0. The predicted octanol–water partition coefficient (Wildman–Crippen LogP) is 3.70. The summed E-state index contributed by atoms with van der Waals surface area (Å²) in [5.74, 6) is 0. The monoisotopic (exact) mass is 248 g/mol. The highest BCUT2D eigenvalue weighted by Gasteiger charge is 2.17. The Morgan fingerprint density at radius 2 is 2.06 bits per heavy atom. The number of unbranched alkanes of at least 4 members (excludes halogenated alkanes) is 1. The van der Waals surface area contributed by atoms with Gasteiger partial charge >= 0.3 is 0 Å². The molecule has 0 saturated heterocycles. The molecule has 2 unspecified atom stereocenters. The third-order valence-electron chi connectivity index (χ3n) is 3.05. The average Bonchev–Trinajstić information content (AvgIpc) is 2.43. The molecule has 0 spiro atoms. The summed E-state index contributed by atoms with van der Waals surface area (Å²) < 4.78 is 5.84. The fourth-order valence-corrected chi connectivity index (χ4v) is 1.89. The Morgan fingerprint density at radius 3 is 2.67 bits per heavy atom. The summed E-state index contributed by atoms with van der Waals surface area (Å²) in [5, 5.41) is 9.94. The SMILES string of the molecule is C=CCCCC(OCc1ccccc1)C(O)CC. The normalized spacial score (nSPS) is 14.1. The summed E-state index contributed by atoms with van der Waals surface area (Å²) in [6.07, 6.45) is 5.06. The van der Waals surface area contributed by atoms with Gasteiger partial charge in [-0.2, -0.15) is 0 Å². The first-order chi connectivity index (χ1) is 8.77. The zero-order valence-corrected chi connectivity index (χ0v) is 11.2. The summed E-state index contributed by atoms with van der Waals surface area (Å²) in [6.45, 7) is 6.26. The number of rotatable bonds is 9. The van der Waals surface area contributed by atoms with Gasteiger partial charge in [-0.25, -0.2) is 0 Å². The Labute approximate surface area is 110 Å². The highest BCUT2D eigenvalue weighted by molar-refractivity contribution is 5.13. The number of benzene rings is 1. The standard InChI is InChI=1S/C16H24O2/c1-3-5-7-12-16(15(17)4-2)18-13-14-10-8-6-9-11-14/h3,6,8-11,15-17H,1,4-5,7,12-13H2,2H3. The van der Waals surface area contributed by atoms with E-state index in [1.54, 1.807) is 0 Å². The number of hydrogen-bond acceptors (Lipinski definition) is 2. The first-order valence-corrected chi connectivity index (χ1v) is 6.72. The maximum atomic E-state index is 9.94. The van der Waals surface area contributed by atoms with Crippen LogP contribution >= 0.6 is 0 Å². The van der Waals surface area contributed by atoms with Gasteiger partial charge in [0.2, 0.25) is 0 Å². The molecule has 0 saturated carbocycles. The molecule has 1 N–H and O–H groups in total. The van der Waals surface area contributed by atoms with Crippen molar-refractivity contribution in [2.24, 2.45) is 0 Å². The van der Waals surface area contributed by atoms with E-state index in [0.29, 0.717) is 6.61 Å². The fourth-order valence-electron chi connectivity index (χ4n) is 1.89. The molecule has 2 nitrogen and oxygen atoms in total. The molecule has 0 aliphatic heterocycles. The van der Waals surface area contributed by atoms with Gasteiger partial charge in [-0.3, -0.25) is 0 Å². The summed E-state index contributed by atoms with van der Waals surface area (Å²) in [6, 6.07) is 10.1. The number of hydrogen-bond donors (Lipinski definition) is 1. The molecular weight excluding hydrogens is 224 g/mol. The van der Waals surface area contributed by atoms with Gasteiger partial charge in [0.15, 0.2) is 0 Å². The molecule has 0 fully saturated rings. The molecular formula is C16H24O2. The highest BCUT2D eigenvalue weighted by Crippen LogP contribution is 2.14. The van der Waals surface area contributed by atoms with Gasteiger partial charge in [0.25, 0.3) is 0 Å². The van der Waals surface area contributed by atoms with E-state index in [-0.39, 0.29) is 12.2 Å². The van der Waals surface area contributed by atoms with E-state index in [9.17, 15) is 5.11 Å². The van der Waals surface area contributed by atoms with Crippen LogP contribution in [0.3, 0.4) is 0 Å². The van der Waals surface area contributed by atoms with Crippen molar-refractivity contribution in [1.82, 2.24) is 0 Å². The Morgan fingerprint density at radius 1 is 1.33 bits per heavy atom. The van der Waals surface area contributed by atoms with Gasteiger partial charge in [-0.1, -0.05) is 43.3 Å². The molecule has 0 heterocycles. The topological polar surface area (TPSA) is 29.5 Å². The predicted molar refractivity (Wildman–Crippen MR) is 75.4 cm³/mol. The lowest BCUT2D eigenvalue weighted by Crippen LogP contribution is -2.28. The van der Waals surface area contributed by atoms with Crippen molar-refractivity contribution in [3.05, 3.63) is 48.6 Å². The lowest BCUT2D eigenvalue weighted by Gasteiger charge is -2.22. The van der Waals surface area contributed by atoms with Crippen molar-refractivity contribution < 1.29 is 9.84 Å². The molecule has 18 heavy (non-hydrogen) atoms. The van der Waals surface area contributed by atoms with Crippen LogP contribution in [-0.4, -0.2) is 17.3 Å². The van der Waals surface area contributed by atoms with Gasteiger partial charge in [0, 0.05) is 0 Å². The molecule has 2 atom stereocenters. The highest BCUT2D eigenvalue weighted by atomic mass is 16.5. The Kier molecular flexibility index (Phi) is 7.38. The van der Waals surface area contributed by atoms with E-state index in [1.807, 2.05) is 43.3 Å². The van der Waals surface area contributed by atoms with Gasteiger partial charge in [0.1, 0.15) is 0 Å². The maximum Gasteiger partial charge on any atom is 0.0838 e. The summed E-state index contributed by atoms with van der Waals surface area (Å²) in [5.41, 5.74) is 1.15. The number of aliphatic hydroxyl groups is 1. The van der Waals surface area contributed by atoms with Gasteiger partial charge in [-0.15, -0.1) is 6.58 Å². The Bertz CT molecular complexity index is 321. The van der Waals surface area contributed by atoms with Crippen molar-refractivity contribution in [1.29, 1.82) is 0 Å². The molecule has 1 aromatic carbocycles. The minimum atomic E-state index is -0.376. The third-order valence-corrected chi connectivity index (χ3v) is 3.05. The maximum absolute atomic E-state index is 9.94. The molecule has 0 aliphatic rings. The second-order valence-electron chi connectivity index (χ2n) is 4.53. The lowest BCUT2D eigenvalue weighted by molar-refractivity contribution is -0.0514. The van der Waals surface area contributed by atoms with Crippen LogP contribution in [0.5, 0.6) is 0 Å². The van der Waals surface area contributed by atoms with E-state index in [2.05, 4.69) is 6.58 Å². The summed E-state index contributed by atoms with van der Waals surface area (Å²) in [7, 11) is 0. The molecule has 0 radical (unpaired) electrons. The molecule has 1 aromatic rings. The Balaban J connectivity index is 2.42. The van der Waals surface area contributed by atoms with Crippen molar-refractivity contribution >= 4 is 0 Å². The van der Waals surface area contributed by atoms with Gasteiger partial charge in [0.05, 0.1) is 18.8 Å². The molecule has 0 bridgehead atoms. The van der Waals surface area contributed by atoms with Crippen LogP contribution in [0.25, 0.3) is 0 Å². The van der Waals surface area contributed by atoms with Crippen LogP contribution in [-0.2, 0) is 11.3 Å². The molecule has 0 aliphatic carbocycles. The van der Waals surface area contributed by atoms with Crippen molar-refractivity contribution in [2.45, 2.75) is 51.4 Å². The van der Waals surface area contributed by atoms with Crippen LogP contribution in [0.1, 0.15) is 38.2 Å². The van der Waals surface area contributed by atoms with E-state index >= 15 is 0 Å². The van der Waals surface area contributed by atoms with Gasteiger partial charge < -0.3 is 9.84 Å². The van der Waals surface area contributed by atoms with Crippen LogP contribution in [0.2, 0.25) is 0 Å². The largest absolute Gasteiger partial charge is 0.390 e. The first kappa shape index (κ1) is 14.9. The summed E-state index contributed by atoms with van der Waals surface area (Å²) >= 11 is 0. The number of allylic oxidation sites excluding steroid dienone is 1. The van der Waals surface area contributed by atoms with Crippen LogP contribution in [0.4, 0.5) is 0 Å². The fraction of sp³-hybridized carbons (Fsp3) is 0.500. The van der Waals surface area contributed by atoms with E-state index in [1.165, 1.54) is 0 Å². The molecule has 100 valence electrons. The van der Waals surface area contributed by atoms with E-state index in [0.717, 1.165) is 31.2 Å². The van der Waals surface area contributed by atoms with Crippen molar-refractivity contribution in [2.75, 3.05) is 0 Å². The van der Waals surface area contributed by atoms with Crippen LogP contribution < -0.4 is 0 Å². The van der Waals surface area contributed by atoms with Crippen LogP contribution in [0, 0.1) is 0 Å². The minimum absolute atomic E-state index is 0.0739. The van der Waals surface area contributed by atoms with Gasteiger partial charge in [-0.05, 0) is 31.2 Å². The molecule has 0 amide bonds. The lowest BCUT2D eigenvalue weighted by atomic mass is 10.0. The number of aliphatic hydroxyl groups excluding tert-OH is 1. The second-order valence-corrected chi connectivity index (χ2v) is 4.53. The second kappa shape index (κ2) is 8.90. The smallest absolute Gasteiger partial charge is 0.0838 e.